The van der Waals surface area contributed by atoms with Crippen LogP contribution in [0, 0.1) is 23.2 Å². The molecule has 1 rings (SSSR count). The van der Waals surface area contributed by atoms with E-state index in [0.717, 1.165) is 5.56 Å². The zero-order valence-corrected chi connectivity index (χ0v) is 9.19. The van der Waals surface area contributed by atoms with Crippen molar-refractivity contribution < 1.29 is 0 Å². The Hall–Kier alpha value is -1.64. The second-order valence-electron chi connectivity index (χ2n) is 2.51. The maximum absolute atomic E-state index is 8.30. The van der Waals surface area contributed by atoms with Crippen LogP contribution in [0.5, 0.6) is 0 Å². The molecule has 0 unspecified atom stereocenters. The second kappa shape index (κ2) is 5.96. The van der Waals surface area contributed by atoms with Gasteiger partial charge in [0.1, 0.15) is 0 Å². The van der Waals surface area contributed by atoms with Crippen molar-refractivity contribution in [2.75, 3.05) is 0 Å². The van der Waals surface area contributed by atoms with Gasteiger partial charge in [0, 0.05) is 5.56 Å². The monoisotopic (exact) mass is 232 g/mol. The number of isothiocyanates is 1. The van der Waals surface area contributed by atoms with Gasteiger partial charge < -0.3 is 0 Å². The number of nitriles is 1. The Labute approximate surface area is 98.2 Å². The highest BCUT2D eigenvalue weighted by Gasteiger charge is 1.97. The zero-order chi connectivity index (χ0) is 11.1. The third-order valence-corrected chi connectivity index (χ3v) is 1.91. The first-order chi connectivity index (χ1) is 7.27. The molecule has 72 valence electrons. The van der Waals surface area contributed by atoms with Crippen LogP contribution in [0.25, 0.3) is 0 Å². The third-order valence-electron chi connectivity index (χ3n) is 1.51. The summed E-state index contributed by atoms with van der Waals surface area (Å²) >= 11 is 10.4. The lowest BCUT2D eigenvalue weighted by atomic mass is 10.2. The Balaban J connectivity index is 2.99. The fourth-order valence-electron chi connectivity index (χ4n) is 0.910. The lowest BCUT2D eigenvalue weighted by Gasteiger charge is -1.96. The van der Waals surface area contributed by atoms with Crippen molar-refractivity contribution in [3.63, 3.8) is 0 Å². The molecule has 0 aliphatic rings. The molecule has 0 fully saturated rings. The summed E-state index contributed by atoms with van der Waals surface area (Å²) < 4.78 is 0. The molecule has 1 aromatic carbocycles. The topological polar surface area (TPSA) is 36.1 Å². The van der Waals surface area contributed by atoms with Gasteiger partial charge in [-0.15, -0.1) is 0 Å². The number of thiocarbonyl (C=S) groups is 1. The van der Waals surface area contributed by atoms with Gasteiger partial charge in [-0.2, -0.15) is 10.3 Å². The van der Waals surface area contributed by atoms with Crippen LogP contribution in [-0.2, 0) is 0 Å². The van der Waals surface area contributed by atoms with Crippen molar-refractivity contribution in [2.45, 2.75) is 6.42 Å². The Kier molecular flexibility index (Phi) is 4.54. The van der Waals surface area contributed by atoms with Crippen molar-refractivity contribution in [1.29, 1.82) is 5.26 Å². The fourth-order valence-corrected chi connectivity index (χ4v) is 1.23. The molecule has 2 nitrogen and oxygen atoms in total. The van der Waals surface area contributed by atoms with E-state index in [1.807, 2.05) is 6.07 Å². The first-order valence-corrected chi connectivity index (χ1v) is 4.80. The van der Waals surface area contributed by atoms with Crippen molar-refractivity contribution in [3.05, 3.63) is 28.8 Å². The lowest BCUT2D eigenvalue weighted by Crippen LogP contribution is -1.75. The molecule has 0 spiro atoms. The molecule has 0 radical (unpaired) electrons. The Bertz CT molecular complexity index is 514. The van der Waals surface area contributed by atoms with E-state index < -0.39 is 0 Å². The standard InChI is InChI=1S/C11H5ClN2S/c12-10-7-9(3-1-2-6-13)4-5-11(10)14-8-15/h4-5,7H,2H2. The van der Waals surface area contributed by atoms with Crippen LogP contribution < -0.4 is 0 Å². The normalized spacial score (nSPS) is 8.00. The molecule has 0 saturated heterocycles. The average Bonchev–Trinajstić information content (AvgIpc) is 2.23. The highest BCUT2D eigenvalue weighted by atomic mass is 35.5. The first kappa shape index (κ1) is 11.4. The van der Waals surface area contributed by atoms with Crippen LogP contribution in [-0.4, -0.2) is 5.16 Å². The predicted octanol–water partition coefficient (Wildman–Crippen LogP) is 3.34. The summed E-state index contributed by atoms with van der Waals surface area (Å²) in [6.45, 7) is 0. The maximum Gasteiger partial charge on any atom is 0.0966 e. The molecular formula is C11H5ClN2S. The lowest BCUT2D eigenvalue weighted by molar-refractivity contribution is 1.39. The summed E-state index contributed by atoms with van der Waals surface area (Å²) in [6, 6.07) is 7.09. The maximum atomic E-state index is 8.30. The average molecular weight is 233 g/mol. The minimum absolute atomic E-state index is 0.206. The van der Waals surface area contributed by atoms with E-state index in [1.165, 1.54) is 0 Å². The van der Waals surface area contributed by atoms with Crippen LogP contribution >= 0.6 is 23.8 Å². The van der Waals surface area contributed by atoms with Gasteiger partial charge in [0.15, 0.2) is 0 Å². The fraction of sp³-hybridized carbons (Fsp3) is 0.0909. The van der Waals surface area contributed by atoms with Crippen molar-refractivity contribution in [3.8, 4) is 17.9 Å². The molecule has 1 aromatic rings. The summed E-state index contributed by atoms with van der Waals surface area (Å²) in [4.78, 5) is 3.78. The van der Waals surface area contributed by atoms with E-state index in [9.17, 15) is 0 Å². The molecule has 0 N–H and O–H groups in total. The largest absolute Gasteiger partial charge is 0.197 e. The van der Waals surface area contributed by atoms with Gasteiger partial charge in [-0.25, -0.2) is 0 Å². The van der Waals surface area contributed by atoms with Crippen molar-refractivity contribution >= 4 is 34.7 Å². The summed E-state index contributed by atoms with van der Waals surface area (Å²) in [5, 5.41) is 11.0. The van der Waals surface area contributed by atoms with Gasteiger partial charge in [-0.05, 0) is 30.4 Å². The summed E-state index contributed by atoms with van der Waals surface area (Å²) in [7, 11) is 0. The minimum Gasteiger partial charge on any atom is -0.197 e. The summed E-state index contributed by atoms with van der Waals surface area (Å²) in [5.41, 5.74) is 1.32. The van der Waals surface area contributed by atoms with E-state index in [1.54, 1.807) is 18.2 Å². The Morgan fingerprint density at radius 2 is 2.27 bits per heavy atom. The molecule has 15 heavy (non-hydrogen) atoms. The number of rotatable bonds is 1. The van der Waals surface area contributed by atoms with Gasteiger partial charge in [0.2, 0.25) is 0 Å². The van der Waals surface area contributed by atoms with Gasteiger partial charge in [0.05, 0.1) is 28.4 Å². The van der Waals surface area contributed by atoms with Crippen molar-refractivity contribution in [1.82, 2.24) is 0 Å². The molecule has 0 heterocycles. The number of aliphatic imine (C=N–C) groups is 1. The molecule has 0 atom stereocenters. The van der Waals surface area contributed by atoms with Gasteiger partial charge in [0.25, 0.3) is 0 Å². The SMILES string of the molecule is N#CCC#Cc1ccc(N=C=S)c(Cl)c1. The van der Waals surface area contributed by atoms with Crippen LogP contribution in [0.1, 0.15) is 12.0 Å². The van der Waals surface area contributed by atoms with E-state index in [2.05, 4.69) is 34.2 Å². The van der Waals surface area contributed by atoms with E-state index >= 15 is 0 Å². The van der Waals surface area contributed by atoms with Gasteiger partial charge in [-0.3, -0.25) is 0 Å². The highest BCUT2D eigenvalue weighted by Crippen LogP contribution is 2.24. The third kappa shape index (κ3) is 3.54. The zero-order valence-electron chi connectivity index (χ0n) is 7.62. The quantitative estimate of drug-likeness (QED) is 0.423. The van der Waals surface area contributed by atoms with Gasteiger partial charge >= 0.3 is 0 Å². The minimum atomic E-state index is 0.206. The first-order valence-electron chi connectivity index (χ1n) is 4.01. The summed E-state index contributed by atoms with van der Waals surface area (Å²) in [6.07, 6.45) is 0.206. The number of halogens is 1. The van der Waals surface area contributed by atoms with E-state index in [-0.39, 0.29) is 6.42 Å². The van der Waals surface area contributed by atoms with Crippen LogP contribution in [0.2, 0.25) is 5.02 Å². The number of hydrogen-bond acceptors (Lipinski definition) is 3. The highest BCUT2D eigenvalue weighted by molar-refractivity contribution is 7.78. The second-order valence-corrected chi connectivity index (χ2v) is 3.10. The van der Waals surface area contributed by atoms with Crippen LogP contribution in [0.3, 0.4) is 0 Å². The molecule has 0 aromatic heterocycles. The molecule has 0 aliphatic carbocycles. The van der Waals surface area contributed by atoms with Crippen LogP contribution in [0.15, 0.2) is 23.2 Å². The van der Waals surface area contributed by atoms with Crippen molar-refractivity contribution in [2.24, 2.45) is 4.99 Å². The number of hydrogen-bond donors (Lipinski definition) is 0. The summed E-state index contributed by atoms with van der Waals surface area (Å²) in [5.74, 6) is 5.50. The van der Waals surface area contributed by atoms with E-state index in [4.69, 9.17) is 16.9 Å². The van der Waals surface area contributed by atoms with E-state index in [0.29, 0.717) is 10.7 Å². The molecule has 0 bridgehead atoms. The Morgan fingerprint density at radius 3 is 2.87 bits per heavy atom. The predicted molar refractivity (Wildman–Crippen MR) is 63.2 cm³/mol. The molecule has 0 amide bonds. The number of nitrogens with zero attached hydrogens (tertiary/aromatic N) is 2. The number of benzene rings is 1. The molecule has 4 heteroatoms. The molecule has 0 saturated carbocycles. The van der Waals surface area contributed by atoms with Gasteiger partial charge in [-0.1, -0.05) is 23.4 Å². The smallest absolute Gasteiger partial charge is 0.0966 e. The molecular weight excluding hydrogens is 228 g/mol. The van der Waals surface area contributed by atoms with Crippen LogP contribution in [0.4, 0.5) is 5.69 Å². The Morgan fingerprint density at radius 1 is 1.47 bits per heavy atom. The molecule has 0 aliphatic heterocycles.